The summed E-state index contributed by atoms with van der Waals surface area (Å²) >= 11 is 0. The number of aryl methyl sites for hydroxylation is 1. The number of rotatable bonds is 4. The number of carbonyl (C=O) groups excluding carboxylic acids is 1. The number of aromatic nitrogens is 4. The number of benzene rings is 1. The molecule has 25 heavy (non-hydrogen) atoms. The van der Waals surface area contributed by atoms with E-state index in [0.29, 0.717) is 22.5 Å². The molecule has 0 radical (unpaired) electrons. The van der Waals surface area contributed by atoms with Gasteiger partial charge in [0.25, 0.3) is 11.5 Å². The molecule has 1 aromatic carbocycles. The highest BCUT2D eigenvalue weighted by Gasteiger charge is 2.31. The lowest BCUT2D eigenvalue weighted by atomic mass is 10.1. The minimum absolute atomic E-state index is 0.223. The highest BCUT2D eigenvalue weighted by Crippen LogP contribution is 2.40. The molecular formula is C18H19N5O2. The van der Waals surface area contributed by atoms with Crippen molar-refractivity contribution in [1.29, 1.82) is 0 Å². The average molecular weight is 337 g/mol. The summed E-state index contributed by atoms with van der Waals surface area (Å²) < 4.78 is 3.04. The van der Waals surface area contributed by atoms with Gasteiger partial charge in [-0.2, -0.15) is 10.2 Å². The molecule has 0 aliphatic heterocycles. The van der Waals surface area contributed by atoms with Crippen molar-refractivity contribution in [2.24, 2.45) is 13.0 Å². The van der Waals surface area contributed by atoms with E-state index in [1.807, 2.05) is 4.68 Å². The smallest absolute Gasteiger partial charge is 0.277 e. The van der Waals surface area contributed by atoms with Crippen molar-refractivity contribution in [3.05, 3.63) is 52.6 Å². The van der Waals surface area contributed by atoms with E-state index in [1.54, 1.807) is 43.6 Å². The molecule has 1 amide bonds. The van der Waals surface area contributed by atoms with Crippen LogP contribution < -0.4 is 10.9 Å². The predicted molar refractivity (Wildman–Crippen MR) is 94.6 cm³/mol. The summed E-state index contributed by atoms with van der Waals surface area (Å²) in [4.78, 5) is 25.0. The second-order valence-electron chi connectivity index (χ2n) is 6.52. The summed E-state index contributed by atoms with van der Waals surface area (Å²) in [6.07, 6.45) is 4.07. The van der Waals surface area contributed by atoms with Crippen LogP contribution in [0.5, 0.6) is 0 Å². The molecule has 0 unspecified atom stereocenters. The zero-order chi connectivity index (χ0) is 17.6. The molecule has 1 fully saturated rings. The Morgan fingerprint density at radius 1 is 1.24 bits per heavy atom. The quantitative estimate of drug-likeness (QED) is 0.792. The van der Waals surface area contributed by atoms with Gasteiger partial charge in [-0.15, -0.1) is 0 Å². The van der Waals surface area contributed by atoms with E-state index in [4.69, 9.17) is 0 Å². The molecular weight excluding hydrogens is 318 g/mol. The number of hydrogen-bond donors (Lipinski definition) is 1. The van der Waals surface area contributed by atoms with Crippen LogP contribution >= 0.6 is 0 Å². The number of nitrogens with one attached hydrogen (secondary N) is 1. The van der Waals surface area contributed by atoms with Crippen LogP contribution in [-0.4, -0.2) is 25.5 Å². The van der Waals surface area contributed by atoms with Crippen LogP contribution in [0.25, 0.3) is 10.8 Å². The monoisotopic (exact) mass is 337 g/mol. The zero-order valence-corrected chi connectivity index (χ0v) is 14.1. The lowest BCUT2D eigenvalue weighted by Gasteiger charge is -2.15. The van der Waals surface area contributed by atoms with Crippen LogP contribution in [0, 0.1) is 5.92 Å². The molecule has 1 atom stereocenters. The molecule has 1 aliphatic rings. The molecule has 7 heteroatoms. The first-order chi connectivity index (χ1) is 12.1. The van der Waals surface area contributed by atoms with Gasteiger partial charge in [0.1, 0.15) is 5.82 Å². The first-order valence-corrected chi connectivity index (χ1v) is 8.37. The number of nitrogens with zero attached hydrogens (tertiary/aromatic N) is 4. The Morgan fingerprint density at radius 2 is 1.96 bits per heavy atom. The van der Waals surface area contributed by atoms with Gasteiger partial charge in [0.2, 0.25) is 0 Å². The highest BCUT2D eigenvalue weighted by atomic mass is 16.2. The molecule has 0 spiro atoms. The van der Waals surface area contributed by atoms with Crippen molar-refractivity contribution < 1.29 is 4.79 Å². The van der Waals surface area contributed by atoms with Crippen molar-refractivity contribution in [2.75, 3.05) is 5.32 Å². The fourth-order valence-corrected chi connectivity index (χ4v) is 3.16. The van der Waals surface area contributed by atoms with E-state index < -0.39 is 0 Å². The fourth-order valence-electron chi connectivity index (χ4n) is 3.16. The molecule has 2 aromatic heterocycles. The van der Waals surface area contributed by atoms with E-state index in [0.717, 1.165) is 0 Å². The lowest BCUT2D eigenvalue weighted by molar-refractivity contribution is 0.102. The van der Waals surface area contributed by atoms with E-state index in [-0.39, 0.29) is 23.2 Å². The third-order valence-electron chi connectivity index (χ3n) is 4.77. The summed E-state index contributed by atoms with van der Waals surface area (Å²) in [5.41, 5.74) is 0.00377. The van der Waals surface area contributed by atoms with Crippen LogP contribution in [0.4, 0.5) is 5.82 Å². The van der Waals surface area contributed by atoms with Crippen molar-refractivity contribution in [3.8, 4) is 0 Å². The molecule has 128 valence electrons. The van der Waals surface area contributed by atoms with Crippen molar-refractivity contribution >= 4 is 22.5 Å². The summed E-state index contributed by atoms with van der Waals surface area (Å²) in [6.45, 7) is 2.11. The molecule has 2 heterocycles. The fraction of sp³-hybridized carbons (Fsp3) is 0.333. The van der Waals surface area contributed by atoms with Crippen LogP contribution in [0.2, 0.25) is 0 Å². The predicted octanol–water partition coefficient (Wildman–Crippen LogP) is 2.35. The Labute approximate surface area is 144 Å². The molecule has 0 bridgehead atoms. The third-order valence-corrected chi connectivity index (χ3v) is 4.77. The number of hydrogen-bond acceptors (Lipinski definition) is 4. The van der Waals surface area contributed by atoms with Crippen LogP contribution in [0.3, 0.4) is 0 Å². The molecule has 4 rings (SSSR count). The molecule has 7 nitrogen and oxygen atoms in total. The van der Waals surface area contributed by atoms with Crippen LogP contribution in [-0.2, 0) is 7.05 Å². The van der Waals surface area contributed by atoms with Gasteiger partial charge in [-0.3, -0.25) is 9.59 Å². The van der Waals surface area contributed by atoms with E-state index in [2.05, 4.69) is 22.4 Å². The van der Waals surface area contributed by atoms with Gasteiger partial charge in [-0.05, 0) is 31.7 Å². The Bertz CT molecular complexity index is 1020. The van der Waals surface area contributed by atoms with E-state index in [1.165, 1.54) is 17.5 Å². The first kappa shape index (κ1) is 15.6. The van der Waals surface area contributed by atoms with E-state index in [9.17, 15) is 9.59 Å². The maximum absolute atomic E-state index is 12.8. The topological polar surface area (TPSA) is 81.8 Å². The normalized spacial score (nSPS) is 15.3. The first-order valence-electron chi connectivity index (χ1n) is 8.37. The van der Waals surface area contributed by atoms with Gasteiger partial charge >= 0.3 is 0 Å². The van der Waals surface area contributed by atoms with Crippen molar-refractivity contribution in [3.63, 3.8) is 0 Å². The largest absolute Gasteiger partial charge is 0.305 e. The summed E-state index contributed by atoms with van der Waals surface area (Å²) in [5.74, 6) is 0.910. The van der Waals surface area contributed by atoms with Crippen molar-refractivity contribution in [2.45, 2.75) is 25.8 Å². The molecule has 1 aliphatic carbocycles. The number of anilines is 1. The minimum atomic E-state index is -0.350. The molecule has 3 aromatic rings. The minimum Gasteiger partial charge on any atom is -0.305 e. The second kappa shape index (κ2) is 5.84. The maximum Gasteiger partial charge on any atom is 0.277 e. The molecule has 1 saturated carbocycles. The summed E-state index contributed by atoms with van der Waals surface area (Å²) in [7, 11) is 1.55. The van der Waals surface area contributed by atoms with Gasteiger partial charge in [-0.1, -0.05) is 18.2 Å². The van der Waals surface area contributed by atoms with E-state index >= 15 is 0 Å². The van der Waals surface area contributed by atoms with Gasteiger partial charge in [0.15, 0.2) is 5.69 Å². The Hall–Kier alpha value is -2.96. The van der Waals surface area contributed by atoms with Crippen LogP contribution in [0.15, 0.2) is 41.3 Å². The second-order valence-corrected chi connectivity index (χ2v) is 6.52. The third kappa shape index (κ3) is 2.71. The molecule has 0 saturated heterocycles. The number of fused-ring (bicyclic) bond motifs is 1. The summed E-state index contributed by atoms with van der Waals surface area (Å²) in [6, 6.07) is 9.03. The number of amides is 1. The summed E-state index contributed by atoms with van der Waals surface area (Å²) in [5, 5.41) is 12.4. The van der Waals surface area contributed by atoms with Gasteiger partial charge in [-0.25, -0.2) is 9.36 Å². The SMILES string of the molecule is C[C@H](C1CC1)n1nccc1NC(=O)c1nn(C)c(=O)c2ccccc12. The maximum atomic E-state index is 12.8. The average Bonchev–Trinajstić information content (AvgIpc) is 3.37. The molecule has 1 N–H and O–H groups in total. The van der Waals surface area contributed by atoms with Gasteiger partial charge in [0.05, 0.1) is 17.6 Å². The Balaban J connectivity index is 1.71. The van der Waals surface area contributed by atoms with Crippen molar-refractivity contribution in [1.82, 2.24) is 19.6 Å². The Kier molecular flexibility index (Phi) is 3.63. The Morgan fingerprint density at radius 3 is 2.68 bits per heavy atom. The van der Waals surface area contributed by atoms with Gasteiger partial charge < -0.3 is 5.32 Å². The number of carbonyl (C=O) groups is 1. The highest BCUT2D eigenvalue weighted by molar-refractivity contribution is 6.10. The zero-order valence-electron chi connectivity index (χ0n) is 14.1. The van der Waals surface area contributed by atoms with Crippen LogP contribution in [0.1, 0.15) is 36.3 Å². The van der Waals surface area contributed by atoms with Gasteiger partial charge in [0, 0.05) is 18.5 Å². The lowest BCUT2D eigenvalue weighted by Crippen LogP contribution is -2.26. The standard InChI is InChI=1S/C18H19N5O2/c1-11(12-7-8-12)23-15(9-10-19-23)20-17(24)16-13-5-3-4-6-14(13)18(25)22(2)21-16/h3-6,9-12H,7-8H2,1-2H3,(H,20,24)/t11-/m1/s1.